The van der Waals surface area contributed by atoms with Gasteiger partial charge < -0.3 is 15.0 Å². The topological polar surface area (TPSA) is 54.2 Å². The van der Waals surface area contributed by atoms with E-state index in [0.717, 1.165) is 21.6 Å². The Balaban J connectivity index is 2.04. The lowest BCUT2D eigenvalue weighted by Crippen LogP contribution is -2.02. The number of hydrogen-bond donors (Lipinski definition) is 2. The molecule has 7 heteroatoms. The first-order valence-corrected chi connectivity index (χ1v) is 7.08. The Morgan fingerprint density at radius 1 is 1.35 bits per heavy atom. The van der Waals surface area contributed by atoms with Crippen molar-refractivity contribution in [3.8, 4) is 0 Å². The summed E-state index contributed by atoms with van der Waals surface area (Å²) in [4.78, 5) is 8.79. The van der Waals surface area contributed by atoms with Gasteiger partial charge in [0.2, 0.25) is 0 Å². The summed E-state index contributed by atoms with van der Waals surface area (Å²) in [7, 11) is 1.83. The third kappa shape index (κ3) is 2.44. The molecule has 3 aromatic rings. The van der Waals surface area contributed by atoms with Gasteiger partial charge in [-0.05, 0) is 34.1 Å². The van der Waals surface area contributed by atoms with Gasteiger partial charge in [0, 0.05) is 29.6 Å². The molecule has 2 N–H and O–H groups in total. The summed E-state index contributed by atoms with van der Waals surface area (Å²) in [5.74, 6) is 1.43. The van der Waals surface area contributed by atoms with Gasteiger partial charge in [0.1, 0.15) is 5.82 Å². The highest BCUT2D eigenvalue weighted by molar-refractivity contribution is 9.10. The highest BCUT2D eigenvalue weighted by Gasteiger charge is 2.08. The fraction of sp³-hybridized carbons (Fsp3) is 0.0769. The maximum absolute atomic E-state index is 5.99. The number of halogens is 2. The lowest BCUT2D eigenvalue weighted by molar-refractivity contribution is 1.12. The fourth-order valence-electron chi connectivity index (χ4n) is 1.85. The maximum atomic E-state index is 5.99. The molecule has 0 aliphatic carbocycles. The van der Waals surface area contributed by atoms with Crippen molar-refractivity contribution in [3.63, 3.8) is 0 Å². The molecule has 2 heterocycles. The van der Waals surface area contributed by atoms with Crippen LogP contribution in [-0.2, 0) is 0 Å². The number of imidazole rings is 1. The summed E-state index contributed by atoms with van der Waals surface area (Å²) >= 11 is 9.40. The molecular formula is C13H11BrClN5. The minimum atomic E-state index is 0.665. The highest BCUT2D eigenvalue weighted by Crippen LogP contribution is 2.28. The average molecular weight is 353 g/mol. The van der Waals surface area contributed by atoms with Gasteiger partial charge in [0.15, 0.2) is 11.5 Å². The third-order valence-electron chi connectivity index (χ3n) is 2.81. The van der Waals surface area contributed by atoms with E-state index in [1.165, 1.54) is 0 Å². The number of nitrogens with zero attached hydrogens (tertiary/aromatic N) is 3. The van der Waals surface area contributed by atoms with E-state index < -0.39 is 0 Å². The molecular weight excluding hydrogens is 342 g/mol. The molecule has 2 aromatic heterocycles. The quantitative estimate of drug-likeness (QED) is 0.750. The van der Waals surface area contributed by atoms with Crippen molar-refractivity contribution in [2.45, 2.75) is 0 Å². The molecule has 0 unspecified atom stereocenters. The zero-order valence-corrected chi connectivity index (χ0v) is 12.9. The van der Waals surface area contributed by atoms with Gasteiger partial charge in [-0.25, -0.2) is 9.97 Å². The first-order valence-electron chi connectivity index (χ1n) is 5.91. The van der Waals surface area contributed by atoms with E-state index in [-0.39, 0.29) is 0 Å². The van der Waals surface area contributed by atoms with Crippen LogP contribution in [-0.4, -0.2) is 21.4 Å². The standard InChI is InChI=1S/C13H11BrClN5/c1-16-11-7-20-5-4-17-13(20)12(19-11)18-8-2-3-10(15)9(14)6-8/h2-7,16H,1H3,(H,18,19). The summed E-state index contributed by atoms with van der Waals surface area (Å²) in [6.07, 6.45) is 5.49. The van der Waals surface area contributed by atoms with Crippen LogP contribution in [0.5, 0.6) is 0 Å². The lowest BCUT2D eigenvalue weighted by atomic mass is 10.3. The molecule has 0 fully saturated rings. The Morgan fingerprint density at radius 2 is 2.20 bits per heavy atom. The molecule has 1 aromatic carbocycles. The molecule has 0 spiro atoms. The third-order valence-corrected chi connectivity index (χ3v) is 4.03. The number of nitrogens with one attached hydrogen (secondary N) is 2. The van der Waals surface area contributed by atoms with Crippen molar-refractivity contribution in [1.82, 2.24) is 14.4 Å². The van der Waals surface area contributed by atoms with Crippen molar-refractivity contribution in [1.29, 1.82) is 0 Å². The number of benzene rings is 1. The van der Waals surface area contributed by atoms with E-state index in [1.54, 1.807) is 6.20 Å². The Kier molecular flexibility index (Phi) is 3.50. The van der Waals surface area contributed by atoms with Gasteiger partial charge >= 0.3 is 0 Å². The highest BCUT2D eigenvalue weighted by atomic mass is 79.9. The Morgan fingerprint density at radius 3 is 2.95 bits per heavy atom. The fourth-order valence-corrected chi connectivity index (χ4v) is 2.34. The molecule has 0 atom stereocenters. The molecule has 0 amide bonds. The van der Waals surface area contributed by atoms with Crippen molar-refractivity contribution < 1.29 is 0 Å². The minimum absolute atomic E-state index is 0.665. The van der Waals surface area contributed by atoms with E-state index in [1.807, 2.05) is 42.0 Å². The number of rotatable bonds is 3. The molecule has 102 valence electrons. The molecule has 0 aliphatic heterocycles. The van der Waals surface area contributed by atoms with Gasteiger partial charge in [-0.3, -0.25) is 0 Å². The van der Waals surface area contributed by atoms with E-state index in [2.05, 4.69) is 36.5 Å². The lowest BCUT2D eigenvalue weighted by Gasteiger charge is -2.10. The molecule has 0 saturated heterocycles. The van der Waals surface area contributed by atoms with Gasteiger partial charge in [-0.1, -0.05) is 11.6 Å². The zero-order valence-electron chi connectivity index (χ0n) is 10.6. The van der Waals surface area contributed by atoms with E-state index >= 15 is 0 Å². The normalized spacial score (nSPS) is 10.8. The largest absolute Gasteiger partial charge is 0.372 e. The van der Waals surface area contributed by atoms with Crippen LogP contribution in [0.2, 0.25) is 5.02 Å². The zero-order chi connectivity index (χ0) is 14.1. The molecule has 0 bridgehead atoms. The second-order valence-electron chi connectivity index (χ2n) is 4.14. The number of anilines is 3. The van der Waals surface area contributed by atoms with Gasteiger partial charge in [0.25, 0.3) is 0 Å². The second kappa shape index (κ2) is 5.30. The van der Waals surface area contributed by atoms with Gasteiger partial charge in [-0.2, -0.15) is 0 Å². The molecule has 20 heavy (non-hydrogen) atoms. The summed E-state index contributed by atoms with van der Waals surface area (Å²) in [5, 5.41) is 6.94. The summed E-state index contributed by atoms with van der Waals surface area (Å²) in [6, 6.07) is 5.61. The van der Waals surface area contributed by atoms with Crippen LogP contribution in [0.25, 0.3) is 5.65 Å². The van der Waals surface area contributed by atoms with E-state index in [4.69, 9.17) is 11.6 Å². The molecule has 3 rings (SSSR count). The molecule has 0 aliphatic rings. The van der Waals surface area contributed by atoms with Crippen molar-refractivity contribution in [2.24, 2.45) is 0 Å². The van der Waals surface area contributed by atoms with Gasteiger partial charge in [0.05, 0.1) is 11.2 Å². The van der Waals surface area contributed by atoms with Crippen LogP contribution in [0.3, 0.4) is 0 Å². The number of fused-ring (bicyclic) bond motifs is 1. The first-order chi connectivity index (χ1) is 9.67. The Labute approximate surface area is 129 Å². The van der Waals surface area contributed by atoms with Crippen molar-refractivity contribution >= 4 is 50.5 Å². The van der Waals surface area contributed by atoms with Crippen LogP contribution in [0.15, 0.2) is 41.3 Å². The predicted molar refractivity (Wildman–Crippen MR) is 85.0 cm³/mol. The van der Waals surface area contributed by atoms with E-state index in [9.17, 15) is 0 Å². The van der Waals surface area contributed by atoms with Crippen LogP contribution in [0.4, 0.5) is 17.3 Å². The molecule has 0 saturated carbocycles. The summed E-state index contributed by atoms with van der Waals surface area (Å²) in [6.45, 7) is 0. The first kappa shape index (κ1) is 13.2. The Hall–Kier alpha value is -1.79. The van der Waals surface area contributed by atoms with Crippen LogP contribution in [0, 0.1) is 0 Å². The minimum Gasteiger partial charge on any atom is -0.372 e. The van der Waals surface area contributed by atoms with Crippen LogP contribution in [0.1, 0.15) is 0 Å². The number of aromatic nitrogens is 3. The van der Waals surface area contributed by atoms with Crippen LogP contribution < -0.4 is 10.6 Å². The summed E-state index contributed by atoms with van der Waals surface area (Å²) in [5.41, 5.74) is 1.64. The predicted octanol–water partition coefficient (Wildman–Crippen LogP) is 3.93. The number of hydrogen-bond acceptors (Lipinski definition) is 4. The van der Waals surface area contributed by atoms with Crippen molar-refractivity contribution in [2.75, 3.05) is 17.7 Å². The average Bonchev–Trinajstić information content (AvgIpc) is 2.91. The monoisotopic (exact) mass is 351 g/mol. The maximum Gasteiger partial charge on any atom is 0.180 e. The van der Waals surface area contributed by atoms with Crippen molar-refractivity contribution in [3.05, 3.63) is 46.3 Å². The molecule has 5 nitrogen and oxygen atoms in total. The molecule has 0 radical (unpaired) electrons. The SMILES string of the molecule is CNc1cn2ccnc2c(Nc2ccc(Cl)c(Br)c2)n1. The van der Waals surface area contributed by atoms with Gasteiger partial charge in [-0.15, -0.1) is 0 Å². The van der Waals surface area contributed by atoms with E-state index in [0.29, 0.717) is 10.8 Å². The summed E-state index contributed by atoms with van der Waals surface area (Å²) < 4.78 is 2.74. The Bertz CT molecular complexity index is 771. The smallest absolute Gasteiger partial charge is 0.180 e. The van der Waals surface area contributed by atoms with Crippen LogP contribution >= 0.6 is 27.5 Å². The second-order valence-corrected chi connectivity index (χ2v) is 5.40.